The van der Waals surface area contributed by atoms with E-state index in [2.05, 4.69) is 16.2 Å². The van der Waals surface area contributed by atoms with Gasteiger partial charge in [-0.25, -0.2) is 4.39 Å². The highest BCUT2D eigenvalue weighted by atomic mass is 19.1. The topological polar surface area (TPSA) is 53.9 Å². The predicted molar refractivity (Wildman–Crippen MR) is 104 cm³/mol. The minimum Gasteiger partial charge on any atom is -0.360 e. The van der Waals surface area contributed by atoms with E-state index >= 15 is 0 Å². The van der Waals surface area contributed by atoms with Gasteiger partial charge in [0.2, 0.25) is 5.91 Å². The number of rotatable bonds is 3. The molecule has 140 valence electrons. The molecule has 1 aromatic carbocycles. The lowest BCUT2D eigenvalue weighted by molar-refractivity contribution is -0.134. The Balaban J connectivity index is 1.52. The number of fused-ring (bicyclic) bond motifs is 1. The zero-order valence-corrected chi connectivity index (χ0v) is 15.8. The molecular formula is C21H23FN4O. The van der Waals surface area contributed by atoms with E-state index in [4.69, 9.17) is 0 Å². The zero-order valence-electron chi connectivity index (χ0n) is 15.8. The minimum atomic E-state index is -0.315. The second-order valence-electron chi connectivity index (χ2n) is 7.20. The summed E-state index contributed by atoms with van der Waals surface area (Å²) in [5.74, 6) is -0.166. The second-order valence-corrected chi connectivity index (χ2v) is 7.20. The molecule has 0 fully saturated rings. The van der Waals surface area contributed by atoms with Gasteiger partial charge in [0, 0.05) is 41.4 Å². The number of halogens is 1. The number of aryl methyl sites for hydroxylation is 2. The standard InChI is InChI=1S/C21H23FN4O/c1-13-10-14(2)26(24-13)15(3)21(27)25-8-6-16(7-9-25)19-12-23-20-11-17(22)4-5-18(19)20/h4-6,10-12,15,23H,7-9H2,1-3H3/t15-/m0/s1. The summed E-state index contributed by atoms with van der Waals surface area (Å²) in [5, 5.41) is 5.45. The van der Waals surface area contributed by atoms with Crippen molar-refractivity contribution in [1.29, 1.82) is 0 Å². The molecule has 4 rings (SSSR count). The molecule has 3 heterocycles. The number of aromatic amines is 1. The smallest absolute Gasteiger partial charge is 0.247 e. The average molecular weight is 366 g/mol. The Morgan fingerprint density at radius 3 is 2.78 bits per heavy atom. The van der Waals surface area contributed by atoms with Crippen LogP contribution in [0.15, 0.2) is 36.5 Å². The first-order valence-electron chi connectivity index (χ1n) is 9.21. The monoisotopic (exact) mass is 366 g/mol. The fourth-order valence-corrected chi connectivity index (χ4v) is 3.89. The number of aromatic nitrogens is 3. The molecule has 1 aliphatic heterocycles. The van der Waals surface area contributed by atoms with E-state index in [1.807, 2.05) is 37.9 Å². The molecule has 0 unspecified atom stereocenters. The maximum Gasteiger partial charge on any atom is 0.247 e. The van der Waals surface area contributed by atoms with Crippen LogP contribution < -0.4 is 0 Å². The third-order valence-corrected chi connectivity index (χ3v) is 5.28. The summed E-state index contributed by atoms with van der Waals surface area (Å²) < 4.78 is 15.2. The Hall–Kier alpha value is -2.89. The Bertz CT molecular complexity index is 1050. The highest BCUT2D eigenvalue weighted by Gasteiger charge is 2.25. The van der Waals surface area contributed by atoms with E-state index in [0.29, 0.717) is 13.1 Å². The third-order valence-electron chi connectivity index (χ3n) is 5.28. The van der Waals surface area contributed by atoms with Crippen LogP contribution in [0.25, 0.3) is 16.5 Å². The first-order chi connectivity index (χ1) is 12.9. The number of hydrogen-bond donors (Lipinski definition) is 1. The van der Waals surface area contributed by atoms with Gasteiger partial charge in [0.25, 0.3) is 0 Å². The molecule has 0 saturated heterocycles. The molecule has 2 aromatic heterocycles. The number of amides is 1. The quantitative estimate of drug-likeness (QED) is 0.762. The van der Waals surface area contributed by atoms with E-state index in [0.717, 1.165) is 34.3 Å². The maximum absolute atomic E-state index is 13.4. The molecule has 1 atom stereocenters. The van der Waals surface area contributed by atoms with E-state index in [1.54, 1.807) is 10.7 Å². The van der Waals surface area contributed by atoms with Crippen LogP contribution in [0.5, 0.6) is 0 Å². The molecule has 5 nitrogen and oxygen atoms in total. The van der Waals surface area contributed by atoms with Crippen molar-refractivity contribution in [3.05, 3.63) is 59.3 Å². The molecular weight excluding hydrogens is 343 g/mol. The van der Waals surface area contributed by atoms with Crippen molar-refractivity contribution in [3.8, 4) is 0 Å². The van der Waals surface area contributed by atoms with Gasteiger partial charge in [0.1, 0.15) is 11.9 Å². The fourth-order valence-electron chi connectivity index (χ4n) is 3.89. The van der Waals surface area contributed by atoms with Crippen molar-refractivity contribution >= 4 is 22.4 Å². The van der Waals surface area contributed by atoms with Gasteiger partial charge >= 0.3 is 0 Å². The van der Waals surface area contributed by atoms with Crippen molar-refractivity contribution in [3.63, 3.8) is 0 Å². The van der Waals surface area contributed by atoms with Gasteiger partial charge in [-0.3, -0.25) is 9.48 Å². The van der Waals surface area contributed by atoms with Gasteiger partial charge in [0.15, 0.2) is 0 Å². The van der Waals surface area contributed by atoms with Crippen LogP contribution in [0.2, 0.25) is 0 Å². The summed E-state index contributed by atoms with van der Waals surface area (Å²) >= 11 is 0. The number of nitrogens with zero attached hydrogens (tertiary/aromatic N) is 3. The average Bonchev–Trinajstić information content (AvgIpc) is 3.22. The molecule has 6 heteroatoms. The Kier molecular flexibility index (Phi) is 4.34. The van der Waals surface area contributed by atoms with Crippen molar-refractivity contribution in [2.24, 2.45) is 0 Å². The molecule has 1 N–H and O–H groups in total. The second kappa shape index (κ2) is 6.68. The van der Waals surface area contributed by atoms with E-state index in [9.17, 15) is 9.18 Å². The summed E-state index contributed by atoms with van der Waals surface area (Å²) in [6.07, 6.45) is 4.80. The molecule has 0 spiro atoms. The number of hydrogen-bond acceptors (Lipinski definition) is 2. The zero-order chi connectivity index (χ0) is 19.1. The van der Waals surface area contributed by atoms with Crippen LogP contribution in [0.3, 0.4) is 0 Å². The first-order valence-corrected chi connectivity index (χ1v) is 9.21. The van der Waals surface area contributed by atoms with Crippen molar-refractivity contribution in [2.45, 2.75) is 33.2 Å². The number of carbonyl (C=O) groups excluding carboxylic acids is 1. The van der Waals surface area contributed by atoms with E-state index in [1.165, 1.54) is 17.7 Å². The lowest BCUT2D eigenvalue weighted by Crippen LogP contribution is -2.39. The van der Waals surface area contributed by atoms with Crippen LogP contribution in [-0.2, 0) is 4.79 Å². The molecule has 0 radical (unpaired) electrons. The minimum absolute atomic E-state index is 0.0810. The number of carbonyl (C=O) groups is 1. The Morgan fingerprint density at radius 1 is 1.30 bits per heavy atom. The summed E-state index contributed by atoms with van der Waals surface area (Å²) in [5.41, 5.74) is 4.98. The Labute approximate surface area is 157 Å². The van der Waals surface area contributed by atoms with Crippen LogP contribution in [0.4, 0.5) is 4.39 Å². The summed E-state index contributed by atoms with van der Waals surface area (Å²) in [7, 11) is 0. The van der Waals surface area contributed by atoms with Crippen molar-refractivity contribution in [2.75, 3.05) is 13.1 Å². The molecule has 0 saturated carbocycles. The molecule has 27 heavy (non-hydrogen) atoms. The van der Waals surface area contributed by atoms with Gasteiger partial charge < -0.3 is 9.88 Å². The van der Waals surface area contributed by atoms with Gasteiger partial charge in [-0.05, 0) is 57.0 Å². The summed E-state index contributed by atoms with van der Waals surface area (Å²) in [6.45, 7) is 7.05. The summed E-state index contributed by atoms with van der Waals surface area (Å²) in [6, 6.07) is 6.46. The van der Waals surface area contributed by atoms with Crippen LogP contribution in [0, 0.1) is 19.7 Å². The Morgan fingerprint density at radius 2 is 2.11 bits per heavy atom. The molecule has 3 aromatic rings. The van der Waals surface area contributed by atoms with Crippen LogP contribution >= 0.6 is 0 Å². The van der Waals surface area contributed by atoms with E-state index < -0.39 is 0 Å². The van der Waals surface area contributed by atoms with Gasteiger partial charge in [-0.1, -0.05) is 6.08 Å². The van der Waals surface area contributed by atoms with Crippen LogP contribution in [-0.4, -0.2) is 38.7 Å². The SMILES string of the molecule is Cc1cc(C)n([C@@H](C)C(=O)N2CC=C(c3c[nH]c4cc(F)ccc34)CC2)n1. The van der Waals surface area contributed by atoms with E-state index in [-0.39, 0.29) is 17.8 Å². The predicted octanol–water partition coefficient (Wildman–Crippen LogP) is 4.00. The lowest BCUT2D eigenvalue weighted by atomic mass is 9.98. The largest absolute Gasteiger partial charge is 0.360 e. The lowest BCUT2D eigenvalue weighted by Gasteiger charge is -2.29. The number of nitrogens with one attached hydrogen (secondary N) is 1. The molecule has 1 amide bonds. The van der Waals surface area contributed by atoms with Crippen LogP contribution in [0.1, 0.15) is 36.3 Å². The highest BCUT2D eigenvalue weighted by Crippen LogP contribution is 2.30. The molecule has 0 bridgehead atoms. The molecule has 0 aliphatic carbocycles. The normalized spacial score (nSPS) is 15.9. The number of H-pyrrole nitrogens is 1. The van der Waals surface area contributed by atoms with Gasteiger partial charge in [-0.2, -0.15) is 5.10 Å². The maximum atomic E-state index is 13.4. The van der Waals surface area contributed by atoms with Crippen molar-refractivity contribution in [1.82, 2.24) is 19.7 Å². The summed E-state index contributed by atoms with van der Waals surface area (Å²) in [4.78, 5) is 17.9. The van der Waals surface area contributed by atoms with Gasteiger partial charge in [0.05, 0.1) is 5.69 Å². The fraction of sp³-hybridized carbons (Fsp3) is 0.333. The molecule has 1 aliphatic rings. The number of benzene rings is 1. The van der Waals surface area contributed by atoms with Crippen molar-refractivity contribution < 1.29 is 9.18 Å². The third kappa shape index (κ3) is 3.16. The first kappa shape index (κ1) is 17.5. The highest BCUT2D eigenvalue weighted by molar-refractivity contribution is 5.93. The van der Waals surface area contributed by atoms with Gasteiger partial charge in [-0.15, -0.1) is 0 Å².